The fraction of sp³-hybridized carbons (Fsp3) is 0.303. The van der Waals surface area contributed by atoms with Gasteiger partial charge in [-0.05, 0) is 59.9 Å². The molecule has 212 valence electrons. The first-order valence-electron chi connectivity index (χ1n) is 13.9. The highest BCUT2D eigenvalue weighted by Crippen LogP contribution is 2.40. The monoisotopic (exact) mass is 589 g/mol. The van der Waals surface area contributed by atoms with Crippen LogP contribution in [0.15, 0.2) is 85.5 Å². The first-order valence-corrected chi connectivity index (χ1v) is 14.7. The Morgan fingerprint density at radius 2 is 2.00 bits per heavy atom. The number of aromatic nitrogens is 2. The van der Waals surface area contributed by atoms with Crippen LogP contribution in [0.5, 0.6) is 5.75 Å². The molecule has 6 nitrogen and oxygen atoms in total. The Balaban J connectivity index is 1.07. The average Bonchev–Trinajstić information content (AvgIpc) is 3.63. The molecule has 3 heterocycles. The van der Waals surface area contributed by atoms with Crippen LogP contribution in [-0.2, 0) is 34.8 Å². The van der Waals surface area contributed by atoms with Crippen molar-refractivity contribution in [3.8, 4) is 5.75 Å². The lowest BCUT2D eigenvalue weighted by atomic mass is 9.99. The highest BCUT2D eigenvalue weighted by Gasteiger charge is 2.45. The van der Waals surface area contributed by atoms with Gasteiger partial charge in [0.05, 0.1) is 24.5 Å². The molecule has 0 N–H and O–H groups in total. The van der Waals surface area contributed by atoms with Crippen molar-refractivity contribution in [2.24, 2.45) is 0 Å². The molecule has 0 spiro atoms. The normalized spacial score (nSPS) is 20.9. The minimum absolute atomic E-state index is 0.267. The van der Waals surface area contributed by atoms with Crippen LogP contribution in [0.4, 0.5) is 0 Å². The van der Waals surface area contributed by atoms with Gasteiger partial charge in [0.15, 0.2) is 0 Å². The van der Waals surface area contributed by atoms with Crippen molar-refractivity contribution in [3.05, 3.63) is 123 Å². The molecule has 0 bridgehead atoms. The van der Waals surface area contributed by atoms with Crippen molar-refractivity contribution in [1.82, 2.24) is 14.5 Å². The van der Waals surface area contributed by atoms with E-state index in [-0.39, 0.29) is 6.10 Å². The van der Waals surface area contributed by atoms with Gasteiger partial charge in [-0.15, -0.1) is 0 Å². The number of hydrogen-bond donors (Lipinski definition) is 0. The Labute approximate surface area is 251 Å². The van der Waals surface area contributed by atoms with Gasteiger partial charge in [0.2, 0.25) is 5.79 Å². The summed E-state index contributed by atoms with van der Waals surface area (Å²) >= 11 is 12.8. The second-order valence-electron chi connectivity index (χ2n) is 10.6. The van der Waals surface area contributed by atoms with Gasteiger partial charge in [0.25, 0.3) is 0 Å². The zero-order chi connectivity index (χ0) is 28.2. The van der Waals surface area contributed by atoms with Crippen molar-refractivity contribution < 1.29 is 14.2 Å². The molecule has 4 aromatic rings. The van der Waals surface area contributed by atoms with E-state index in [0.717, 1.165) is 37.4 Å². The van der Waals surface area contributed by atoms with Crippen molar-refractivity contribution in [2.75, 3.05) is 26.3 Å². The largest absolute Gasteiger partial charge is 0.491 e. The second kappa shape index (κ2) is 12.4. The molecule has 1 fully saturated rings. The van der Waals surface area contributed by atoms with Gasteiger partial charge in [-0.25, -0.2) is 4.98 Å². The van der Waals surface area contributed by atoms with Gasteiger partial charge in [-0.2, -0.15) is 0 Å². The third-order valence-corrected chi connectivity index (χ3v) is 8.25. The Hall–Kier alpha value is -3.13. The average molecular weight is 591 g/mol. The number of imidazole rings is 1. The van der Waals surface area contributed by atoms with Crippen molar-refractivity contribution >= 4 is 29.3 Å². The standard InChI is InChI=1S/C33H33Cl2N3O3/c1-24-5-2-3-6-25(24)7-4-14-37-15-12-26-17-29(10-8-27(26)19-37)39-20-30-21-40-33(41-30,22-38-16-13-36-23-38)31-11-9-28(34)18-32(31)35/h2-11,13,16-18,23,30H,12,14-15,19-22H2,1H3/t30-,33-/m0/s1. The summed E-state index contributed by atoms with van der Waals surface area (Å²) in [6, 6.07) is 20.2. The third-order valence-electron chi connectivity index (χ3n) is 7.71. The molecule has 0 aliphatic carbocycles. The van der Waals surface area contributed by atoms with Crippen molar-refractivity contribution in [2.45, 2.75) is 38.3 Å². The summed E-state index contributed by atoms with van der Waals surface area (Å²) < 4.78 is 21.0. The number of rotatable bonds is 9. The molecule has 2 aliphatic rings. The molecule has 0 radical (unpaired) electrons. The highest BCUT2D eigenvalue weighted by molar-refractivity contribution is 6.35. The molecule has 3 aromatic carbocycles. The molecule has 0 saturated carbocycles. The van der Waals surface area contributed by atoms with E-state index >= 15 is 0 Å². The van der Waals surface area contributed by atoms with E-state index in [1.54, 1.807) is 24.7 Å². The summed E-state index contributed by atoms with van der Waals surface area (Å²) in [4.78, 5) is 6.63. The van der Waals surface area contributed by atoms with Gasteiger partial charge < -0.3 is 18.8 Å². The van der Waals surface area contributed by atoms with E-state index in [2.05, 4.69) is 71.4 Å². The fourth-order valence-corrected chi connectivity index (χ4v) is 6.05. The summed E-state index contributed by atoms with van der Waals surface area (Å²) in [5, 5.41) is 1.05. The third kappa shape index (κ3) is 6.53. The lowest BCUT2D eigenvalue weighted by molar-refractivity contribution is -0.189. The predicted octanol–water partition coefficient (Wildman–Crippen LogP) is 6.92. The van der Waals surface area contributed by atoms with Gasteiger partial charge in [0.1, 0.15) is 18.5 Å². The van der Waals surface area contributed by atoms with Crippen LogP contribution >= 0.6 is 23.2 Å². The van der Waals surface area contributed by atoms with E-state index < -0.39 is 5.79 Å². The number of halogens is 2. The Kier molecular flexibility index (Phi) is 8.47. The topological polar surface area (TPSA) is 48.8 Å². The minimum atomic E-state index is -1.07. The quantitative estimate of drug-likeness (QED) is 0.212. The SMILES string of the molecule is Cc1ccccc1C=CCN1CCc2cc(OC[C@H]3CO[C@](Cn4ccnc4)(c4ccc(Cl)cc4Cl)O3)ccc2C1. The Morgan fingerprint density at radius 1 is 1.10 bits per heavy atom. The van der Waals surface area contributed by atoms with Gasteiger partial charge in [0, 0.05) is 42.6 Å². The van der Waals surface area contributed by atoms with Crippen LogP contribution in [0.1, 0.15) is 27.8 Å². The van der Waals surface area contributed by atoms with Crippen molar-refractivity contribution in [1.29, 1.82) is 0 Å². The minimum Gasteiger partial charge on any atom is -0.491 e. The number of ether oxygens (including phenoxy) is 3. The van der Waals surface area contributed by atoms with Crippen molar-refractivity contribution in [3.63, 3.8) is 0 Å². The number of aryl methyl sites for hydroxylation is 1. The molecule has 1 aromatic heterocycles. The lowest BCUT2D eigenvalue weighted by Crippen LogP contribution is -2.34. The van der Waals surface area contributed by atoms with E-state index in [1.807, 2.05) is 16.8 Å². The molecular weight excluding hydrogens is 557 g/mol. The maximum Gasteiger partial charge on any atom is 0.215 e. The Bertz CT molecular complexity index is 1520. The Morgan fingerprint density at radius 3 is 2.83 bits per heavy atom. The first-order chi connectivity index (χ1) is 20.0. The molecule has 6 rings (SSSR count). The summed E-state index contributed by atoms with van der Waals surface area (Å²) in [5.74, 6) is -0.222. The molecule has 0 unspecified atom stereocenters. The van der Waals surface area contributed by atoms with Crippen LogP contribution in [0.3, 0.4) is 0 Å². The maximum atomic E-state index is 6.59. The van der Waals surface area contributed by atoms with Crippen LogP contribution in [0.25, 0.3) is 6.08 Å². The van der Waals surface area contributed by atoms with Crippen LogP contribution in [-0.4, -0.2) is 46.9 Å². The van der Waals surface area contributed by atoms with E-state index in [9.17, 15) is 0 Å². The molecule has 0 amide bonds. The second-order valence-corrected chi connectivity index (χ2v) is 11.5. The number of benzene rings is 3. The summed E-state index contributed by atoms with van der Waals surface area (Å²) in [5.41, 5.74) is 6.00. The first kappa shape index (κ1) is 28.0. The summed E-state index contributed by atoms with van der Waals surface area (Å²) in [7, 11) is 0. The van der Waals surface area contributed by atoms with E-state index in [1.165, 1.54) is 22.3 Å². The molecule has 1 saturated heterocycles. The van der Waals surface area contributed by atoms with Gasteiger partial charge in [-0.1, -0.05) is 71.8 Å². The molecule has 8 heteroatoms. The number of nitrogens with zero attached hydrogens (tertiary/aromatic N) is 3. The van der Waals surface area contributed by atoms with Crippen LogP contribution < -0.4 is 4.74 Å². The molecule has 2 atom stereocenters. The lowest BCUT2D eigenvalue weighted by Gasteiger charge is -2.30. The zero-order valence-corrected chi connectivity index (χ0v) is 24.5. The predicted molar refractivity (Wildman–Crippen MR) is 162 cm³/mol. The fourth-order valence-electron chi connectivity index (χ4n) is 5.50. The van der Waals surface area contributed by atoms with E-state index in [4.69, 9.17) is 37.4 Å². The smallest absolute Gasteiger partial charge is 0.215 e. The van der Waals surface area contributed by atoms with Crippen LogP contribution in [0.2, 0.25) is 10.0 Å². The number of fused-ring (bicyclic) bond motifs is 1. The summed E-state index contributed by atoms with van der Waals surface area (Å²) in [6.45, 7) is 6.19. The highest BCUT2D eigenvalue weighted by atomic mass is 35.5. The van der Waals surface area contributed by atoms with E-state index in [0.29, 0.717) is 29.8 Å². The molecule has 41 heavy (non-hydrogen) atoms. The van der Waals surface area contributed by atoms with Gasteiger partial charge >= 0.3 is 0 Å². The van der Waals surface area contributed by atoms with Gasteiger partial charge in [-0.3, -0.25) is 4.90 Å². The number of hydrogen-bond acceptors (Lipinski definition) is 5. The summed E-state index contributed by atoms with van der Waals surface area (Å²) in [6.07, 6.45) is 10.5. The maximum absolute atomic E-state index is 6.59. The van der Waals surface area contributed by atoms with Crippen LogP contribution in [0, 0.1) is 6.92 Å². The zero-order valence-electron chi connectivity index (χ0n) is 23.0. The molecular formula is C33H33Cl2N3O3. The molecule has 2 aliphatic heterocycles.